The first-order chi connectivity index (χ1) is 23.4. The maximum atomic E-state index is 14.3. The molecule has 14 nitrogen and oxygen atoms in total. The van der Waals surface area contributed by atoms with Crippen LogP contribution < -0.4 is 15.5 Å². The highest BCUT2D eigenvalue weighted by molar-refractivity contribution is 5.92. The molecule has 2 saturated heterocycles. The number of urea groups is 1. The number of nitrogens with one attached hydrogen (secondary N) is 2. The van der Waals surface area contributed by atoms with Crippen molar-refractivity contribution in [2.45, 2.75) is 25.6 Å². The first kappa shape index (κ1) is 35.7. The van der Waals surface area contributed by atoms with Gasteiger partial charge in [0, 0.05) is 84.6 Å². The predicted octanol–water partition coefficient (Wildman–Crippen LogP) is 2.51. The SMILES string of the molecule is CNC(=O)Nc1cc(C(F)(F)F)c(-c2nc(N3CCOCC3)c3cc(CN4CCN(C(=O)CCC(=O)/C=C/CN(C)C)CC4)cn3n2)cn1. The number of morpholine rings is 1. The van der Waals surface area contributed by atoms with Gasteiger partial charge in [-0.15, -0.1) is 5.10 Å². The Hall–Kier alpha value is -4.61. The molecule has 264 valence electrons. The third kappa shape index (κ3) is 9.30. The molecule has 5 rings (SSSR count). The van der Waals surface area contributed by atoms with Crippen molar-refractivity contribution in [1.29, 1.82) is 0 Å². The number of likely N-dealkylation sites (N-methyl/N-ethyl adjacent to an activating group) is 1. The van der Waals surface area contributed by atoms with Crippen molar-refractivity contribution in [2.24, 2.45) is 0 Å². The zero-order valence-corrected chi connectivity index (χ0v) is 27.8. The minimum Gasteiger partial charge on any atom is -0.378 e. The van der Waals surface area contributed by atoms with E-state index in [1.165, 1.54) is 13.1 Å². The topological polar surface area (TPSA) is 141 Å². The Kier molecular flexibility index (Phi) is 11.5. The van der Waals surface area contributed by atoms with E-state index in [-0.39, 0.29) is 41.7 Å². The van der Waals surface area contributed by atoms with Crippen LogP contribution in [-0.2, 0) is 27.0 Å². The zero-order valence-electron chi connectivity index (χ0n) is 27.8. The second kappa shape index (κ2) is 15.7. The fourth-order valence-corrected chi connectivity index (χ4v) is 5.64. The van der Waals surface area contributed by atoms with Crippen LogP contribution in [0.25, 0.3) is 16.9 Å². The molecular weight excluding hydrogens is 645 g/mol. The lowest BCUT2D eigenvalue weighted by atomic mass is 10.1. The van der Waals surface area contributed by atoms with Gasteiger partial charge in [-0.3, -0.25) is 19.8 Å². The lowest BCUT2D eigenvalue weighted by Gasteiger charge is -2.34. The van der Waals surface area contributed by atoms with E-state index in [9.17, 15) is 27.6 Å². The summed E-state index contributed by atoms with van der Waals surface area (Å²) >= 11 is 0. The predicted molar refractivity (Wildman–Crippen MR) is 176 cm³/mol. The van der Waals surface area contributed by atoms with Crippen LogP contribution in [0.15, 0.2) is 36.7 Å². The summed E-state index contributed by atoms with van der Waals surface area (Å²) in [7, 11) is 5.17. The molecule has 3 amide bonds. The highest BCUT2D eigenvalue weighted by Gasteiger charge is 2.36. The van der Waals surface area contributed by atoms with Gasteiger partial charge in [-0.05, 0) is 37.9 Å². The molecule has 2 aliphatic heterocycles. The van der Waals surface area contributed by atoms with Crippen molar-refractivity contribution in [3.63, 3.8) is 0 Å². The second-order valence-corrected chi connectivity index (χ2v) is 12.1. The first-order valence-electron chi connectivity index (χ1n) is 16.0. The van der Waals surface area contributed by atoms with Crippen LogP contribution in [-0.4, -0.2) is 132 Å². The normalized spacial score (nSPS) is 16.1. The van der Waals surface area contributed by atoms with E-state index in [0.717, 1.165) is 17.8 Å². The molecule has 0 unspecified atom stereocenters. The Bertz CT molecular complexity index is 1680. The zero-order chi connectivity index (χ0) is 35.1. The van der Waals surface area contributed by atoms with E-state index in [2.05, 4.69) is 30.6 Å². The smallest absolute Gasteiger partial charge is 0.378 e. The van der Waals surface area contributed by atoms with Crippen molar-refractivity contribution < 1.29 is 32.3 Å². The highest BCUT2D eigenvalue weighted by atomic mass is 19.4. The van der Waals surface area contributed by atoms with E-state index in [1.54, 1.807) is 21.7 Å². The molecule has 0 saturated carbocycles. The number of ketones is 1. The summed E-state index contributed by atoms with van der Waals surface area (Å²) in [6.45, 7) is 5.38. The van der Waals surface area contributed by atoms with Gasteiger partial charge in [0.1, 0.15) is 11.3 Å². The number of pyridine rings is 1. The number of carbonyl (C=O) groups excluding carboxylic acids is 3. The molecule has 17 heteroatoms. The molecule has 0 bridgehead atoms. The number of anilines is 2. The number of allylic oxidation sites excluding steroid dienone is 1. The number of aromatic nitrogens is 4. The number of alkyl halides is 3. The van der Waals surface area contributed by atoms with Gasteiger partial charge >= 0.3 is 12.2 Å². The van der Waals surface area contributed by atoms with Crippen molar-refractivity contribution >= 4 is 34.9 Å². The van der Waals surface area contributed by atoms with Crippen molar-refractivity contribution in [2.75, 3.05) is 90.4 Å². The summed E-state index contributed by atoms with van der Waals surface area (Å²) < 4.78 is 49.9. The Morgan fingerprint density at radius 3 is 2.45 bits per heavy atom. The first-order valence-corrected chi connectivity index (χ1v) is 16.0. The average Bonchev–Trinajstić information content (AvgIpc) is 3.49. The summed E-state index contributed by atoms with van der Waals surface area (Å²) in [6, 6.07) is 1.99. The number of nitrogens with zero attached hydrogens (tertiary/aromatic N) is 8. The molecule has 2 aliphatic rings. The summed E-state index contributed by atoms with van der Waals surface area (Å²) in [6.07, 6.45) is 1.67. The van der Waals surface area contributed by atoms with Crippen LogP contribution in [0.2, 0.25) is 0 Å². The van der Waals surface area contributed by atoms with Gasteiger partial charge in [0.2, 0.25) is 5.91 Å². The van der Waals surface area contributed by atoms with E-state index >= 15 is 0 Å². The van der Waals surface area contributed by atoms with E-state index < -0.39 is 17.8 Å². The maximum absolute atomic E-state index is 14.3. The largest absolute Gasteiger partial charge is 0.417 e. The Labute approximate surface area is 281 Å². The number of hydrogen-bond acceptors (Lipinski definition) is 10. The Morgan fingerprint density at radius 1 is 1.04 bits per heavy atom. The van der Waals surface area contributed by atoms with Crippen molar-refractivity contribution in [3.05, 3.63) is 47.8 Å². The monoisotopic (exact) mass is 686 g/mol. The number of ether oxygens (including phenoxy) is 1. The van der Waals surface area contributed by atoms with Gasteiger partial charge in [0.15, 0.2) is 17.4 Å². The lowest BCUT2D eigenvalue weighted by Crippen LogP contribution is -2.48. The fourth-order valence-electron chi connectivity index (χ4n) is 5.64. The minimum absolute atomic E-state index is 0.0493. The number of fused-ring (bicyclic) bond motifs is 1. The summed E-state index contributed by atoms with van der Waals surface area (Å²) in [5.41, 5.74) is 0.160. The number of rotatable bonds is 11. The van der Waals surface area contributed by atoms with Gasteiger partial charge < -0.3 is 24.8 Å². The van der Waals surface area contributed by atoms with Gasteiger partial charge in [-0.25, -0.2) is 19.3 Å². The third-order valence-corrected chi connectivity index (χ3v) is 8.22. The molecular formula is C32H41F3N10O4. The number of piperazine rings is 1. The lowest BCUT2D eigenvalue weighted by molar-refractivity contribution is -0.137. The van der Waals surface area contributed by atoms with Crippen LogP contribution >= 0.6 is 0 Å². The summed E-state index contributed by atoms with van der Waals surface area (Å²) in [4.78, 5) is 53.1. The molecule has 3 aromatic rings. The summed E-state index contributed by atoms with van der Waals surface area (Å²) in [5.74, 6) is -0.0794. The van der Waals surface area contributed by atoms with Crippen LogP contribution in [0.1, 0.15) is 24.0 Å². The molecule has 0 aliphatic carbocycles. The average molecular weight is 687 g/mol. The number of carbonyl (C=O) groups is 3. The molecule has 2 N–H and O–H groups in total. The Morgan fingerprint density at radius 2 is 1.78 bits per heavy atom. The molecule has 0 atom stereocenters. The molecule has 0 aromatic carbocycles. The van der Waals surface area contributed by atoms with Gasteiger partial charge in [-0.1, -0.05) is 6.08 Å². The van der Waals surface area contributed by atoms with Crippen LogP contribution in [0.3, 0.4) is 0 Å². The second-order valence-electron chi connectivity index (χ2n) is 12.1. The van der Waals surface area contributed by atoms with Gasteiger partial charge in [-0.2, -0.15) is 13.2 Å². The summed E-state index contributed by atoms with van der Waals surface area (Å²) in [5, 5.41) is 9.06. The quantitative estimate of drug-likeness (QED) is 0.289. The standard InChI is InChI=1S/C32H41F3N10O4/c1-36-31(48)38-27-18-25(32(33,34)35)24(19-37-27)29-39-30(44-13-15-49-16-14-44)26-17-22(21-45(26)40-29)20-42-9-11-43(12-10-42)28(47)7-6-23(46)5-4-8-41(2)3/h4-5,17-19,21H,6-16,20H2,1-3H3,(H2,36,37,38,48)/b5-4+. The van der Waals surface area contributed by atoms with E-state index in [0.29, 0.717) is 76.9 Å². The highest BCUT2D eigenvalue weighted by Crippen LogP contribution is 2.38. The minimum atomic E-state index is -4.78. The van der Waals surface area contributed by atoms with E-state index in [4.69, 9.17) is 4.74 Å². The third-order valence-electron chi connectivity index (χ3n) is 8.22. The van der Waals surface area contributed by atoms with Crippen LogP contribution in [0.5, 0.6) is 0 Å². The van der Waals surface area contributed by atoms with Crippen LogP contribution in [0, 0.1) is 0 Å². The molecule has 5 heterocycles. The van der Waals surface area contributed by atoms with Gasteiger partial charge in [0.05, 0.1) is 24.3 Å². The van der Waals surface area contributed by atoms with Gasteiger partial charge in [0.25, 0.3) is 0 Å². The fraction of sp³-hybridized carbons (Fsp3) is 0.500. The molecule has 49 heavy (non-hydrogen) atoms. The molecule has 2 fully saturated rings. The Balaban J connectivity index is 1.33. The number of amides is 3. The molecule has 0 spiro atoms. The number of hydrogen-bond donors (Lipinski definition) is 2. The van der Waals surface area contributed by atoms with E-state index in [1.807, 2.05) is 30.0 Å². The number of halogens is 3. The van der Waals surface area contributed by atoms with Crippen molar-refractivity contribution in [1.82, 2.24) is 39.6 Å². The maximum Gasteiger partial charge on any atom is 0.417 e. The van der Waals surface area contributed by atoms with Crippen molar-refractivity contribution in [3.8, 4) is 11.4 Å². The van der Waals surface area contributed by atoms with Crippen LogP contribution in [0.4, 0.5) is 29.6 Å². The molecule has 0 radical (unpaired) electrons. The molecule has 3 aromatic heterocycles.